The summed E-state index contributed by atoms with van der Waals surface area (Å²) in [6.45, 7) is 2.01. The van der Waals surface area contributed by atoms with E-state index in [1.165, 1.54) is 22.7 Å². The summed E-state index contributed by atoms with van der Waals surface area (Å²) in [6.07, 6.45) is 3.62. The number of esters is 1. The Kier molecular flexibility index (Phi) is 5.46. The van der Waals surface area contributed by atoms with Gasteiger partial charge < -0.3 is 9.72 Å². The third-order valence-electron chi connectivity index (χ3n) is 5.09. The second-order valence-corrected chi connectivity index (χ2v) is 9.06. The lowest BCUT2D eigenvalue weighted by Gasteiger charge is -2.24. The van der Waals surface area contributed by atoms with E-state index in [1.807, 2.05) is 72.3 Å². The molecule has 0 saturated heterocycles. The van der Waals surface area contributed by atoms with Crippen LogP contribution in [0.25, 0.3) is 11.8 Å². The van der Waals surface area contributed by atoms with Crippen molar-refractivity contribution in [1.29, 1.82) is 0 Å². The van der Waals surface area contributed by atoms with Crippen LogP contribution >= 0.6 is 22.7 Å². The summed E-state index contributed by atoms with van der Waals surface area (Å²) in [5, 5.41) is 1.94. The van der Waals surface area contributed by atoms with Crippen molar-refractivity contribution in [2.75, 3.05) is 6.61 Å². The van der Waals surface area contributed by atoms with Gasteiger partial charge in [-0.2, -0.15) is 0 Å². The number of carbonyl (C=O) groups excluding carboxylic acids is 1. The quantitative estimate of drug-likeness (QED) is 0.463. The SMILES string of the molecule is CCOC(=O)C1=C(c2ccccc2)N=c2s/c(=C\c3ccc[nH]3)c(=O)n2[C@@H]1c1cccs1. The van der Waals surface area contributed by atoms with E-state index in [4.69, 9.17) is 9.73 Å². The predicted octanol–water partition coefficient (Wildman–Crippen LogP) is 3.33. The maximum Gasteiger partial charge on any atom is 0.338 e. The highest BCUT2D eigenvalue weighted by atomic mass is 32.1. The first kappa shape index (κ1) is 20.4. The minimum absolute atomic E-state index is 0.185. The number of H-pyrrole nitrogens is 1. The Morgan fingerprint density at radius 2 is 2.03 bits per heavy atom. The lowest BCUT2D eigenvalue weighted by Crippen LogP contribution is -2.39. The van der Waals surface area contributed by atoms with Gasteiger partial charge in [-0.25, -0.2) is 9.79 Å². The topological polar surface area (TPSA) is 76.4 Å². The van der Waals surface area contributed by atoms with Crippen molar-refractivity contribution in [2.24, 2.45) is 4.99 Å². The van der Waals surface area contributed by atoms with Gasteiger partial charge in [0, 0.05) is 22.3 Å². The number of aromatic amines is 1. The molecule has 1 atom stereocenters. The van der Waals surface area contributed by atoms with Crippen LogP contribution in [0.4, 0.5) is 0 Å². The molecule has 0 fully saturated rings. The highest BCUT2D eigenvalue weighted by Gasteiger charge is 2.35. The van der Waals surface area contributed by atoms with Gasteiger partial charge in [0.2, 0.25) is 0 Å². The van der Waals surface area contributed by atoms with Gasteiger partial charge >= 0.3 is 5.97 Å². The minimum atomic E-state index is -0.605. The molecule has 0 amide bonds. The molecule has 0 radical (unpaired) electrons. The predicted molar refractivity (Wildman–Crippen MR) is 126 cm³/mol. The Morgan fingerprint density at radius 3 is 2.72 bits per heavy atom. The Hall–Kier alpha value is -3.49. The summed E-state index contributed by atoms with van der Waals surface area (Å²) >= 11 is 2.81. The number of ether oxygens (including phenoxy) is 1. The highest BCUT2D eigenvalue weighted by Crippen LogP contribution is 2.36. The molecule has 0 unspecified atom stereocenters. The third-order valence-corrected chi connectivity index (χ3v) is 7.00. The zero-order chi connectivity index (χ0) is 22.1. The Bertz CT molecular complexity index is 1460. The van der Waals surface area contributed by atoms with E-state index in [0.717, 1.165) is 16.1 Å². The summed E-state index contributed by atoms with van der Waals surface area (Å²) < 4.78 is 7.59. The maximum absolute atomic E-state index is 13.5. The molecule has 0 bridgehead atoms. The fraction of sp³-hybridized carbons (Fsp3) is 0.125. The molecule has 4 aromatic rings. The number of fused-ring (bicyclic) bond motifs is 1. The van der Waals surface area contributed by atoms with Crippen molar-refractivity contribution in [1.82, 2.24) is 9.55 Å². The average Bonchev–Trinajstić information content (AvgIpc) is 3.57. The molecule has 8 heteroatoms. The zero-order valence-corrected chi connectivity index (χ0v) is 18.8. The summed E-state index contributed by atoms with van der Waals surface area (Å²) in [5.74, 6) is -0.466. The zero-order valence-electron chi connectivity index (χ0n) is 17.1. The Balaban J connectivity index is 1.83. The number of rotatable bonds is 5. The first-order valence-electron chi connectivity index (χ1n) is 10.1. The molecular weight excluding hydrogens is 442 g/mol. The van der Waals surface area contributed by atoms with Crippen molar-refractivity contribution < 1.29 is 9.53 Å². The van der Waals surface area contributed by atoms with Crippen molar-refractivity contribution in [2.45, 2.75) is 13.0 Å². The Morgan fingerprint density at radius 1 is 1.19 bits per heavy atom. The second kappa shape index (κ2) is 8.57. The van der Waals surface area contributed by atoms with Gasteiger partial charge in [-0.3, -0.25) is 9.36 Å². The summed E-state index contributed by atoms with van der Waals surface area (Å²) in [4.78, 5) is 36.1. The van der Waals surface area contributed by atoms with E-state index in [1.54, 1.807) is 11.5 Å². The largest absolute Gasteiger partial charge is 0.463 e. The van der Waals surface area contributed by atoms with Gasteiger partial charge in [-0.15, -0.1) is 11.3 Å². The van der Waals surface area contributed by atoms with E-state index in [-0.39, 0.29) is 12.2 Å². The first-order valence-corrected chi connectivity index (χ1v) is 11.8. The molecule has 0 aliphatic carbocycles. The number of aromatic nitrogens is 2. The van der Waals surface area contributed by atoms with Gasteiger partial charge in [0.05, 0.1) is 22.4 Å². The number of hydrogen-bond donors (Lipinski definition) is 1. The number of thiazole rings is 1. The van der Waals surface area contributed by atoms with Gasteiger partial charge in [0.15, 0.2) is 4.80 Å². The monoisotopic (exact) mass is 461 g/mol. The average molecular weight is 462 g/mol. The van der Waals surface area contributed by atoms with E-state index < -0.39 is 12.0 Å². The lowest BCUT2D eigenvalue weighted by molar-refractivity contribution is -0.138. The van der Waals surface area contributed by atoms with Crippen molar-refractivity contribution >= 4 is 40.4 Å². The number of carbonyl (C=O) groups is 1. The van der Waals surface area contributed by atoms with Gasteiger partial charge in [-0.1, -0.05) is 47.7 Å². The van der Waals surface area contributed by atoms with Crippen molar-refractivity contribution in [3.05, 3.63) is 108 Å². The van der Waals surface area contributed by atoms with E-state index in [2.05, 4.69) is 4.98 Å². The molecule has 0 saturated carbocycles. The maximum atomic E-state index is 13.5. The second-order valence-electron chi connectivity index (χ2n) is 7.07. The molecule has 1 aliphatic heterocycles. The number of hydrogen-bond acceptors (Lipinski definition) is 6. The molecule has 1 N–H and O–H groups in total. The van der Waals surface area contributed by atoms with Crippen LogP contribution in [0, 0.1) is 0 Å². The molecule has 4 heterocycles. The van der Waals surface area contributed by atoms with Crippen LogP contribution in [-0.2, 0) is 9.53 Å². The van der Waals surface area contributed by atoms with Crippen molar-refractivity contribution in [3.8, 4) is 0 Å². The fourth-order valence-electron chi connectivity index (χ4n) is 3.73. The molecule has 6 nitrogen and oxygen atoms in total. The fourth-order valence-corrected chi connectivity index (χ4v) is 5.55. The smallest absolute Gasteiger partial charge is 0.338 e. The van der Waals surface area contributed by atoms with Crippen molar-refractivity contribution in [3.63, 3.8) is 0 Å². The minimum Gasteiger partial charge on any atom is -0.463 e. The first-order chi connectivity index (χ1) is 15.7. The molecule has 0 spiro atoms. The Labute approximate surface area is 191 Å². The van der Waals surface area contributed by atoms with E-state index in [9.17, 15) is 9.59 Å². The van der Waals surface area contributed by atoms with Crippen LogP contribution in [0.2, 0.25) is 0 Å². The van der Waals surface area contributed by atoms with E-state index >= 15 is 0 Å². The van der Waals surface area contributed by atoms with E-state index in [0.29, 0.717) is 20.6 Å². The summed E-state index contributed by atoms with van der Waals surface area (Å²) in [5.41, 5.74) is 2.36. The van der Waals surface area contributed by atoms with Gasteiger partial charge in [-0.05, 0) is 36.6 Å². The molecule has 160 valence electrons. The van der Waals surface area contributed by atoms with Crippen LogP contribution in [0.3, 0.4) is 0 Å². The van der Waals surface area contributed by atoms with Crippen LogP contribution in [0.5, 0.6) is 0 Å². The molecule has 1 aromatic carbocycles. The lowest BCUT2D eigenvalue weighted by atomic mass is 9.97. The molecule has 3 aromatic heterocycles. The summed E-state index contributed by atoms with van der Waals surface area (Å²) in [7, 11) is 0. The number of benzene rings is 1. The number of nitrogens with one attached hydrogen (secondary N) is 1. The normalized spacial score (nSPS) is 16.0. The van der Waals surface area contributed by atoms with Crippen LogP contribution < -0.4 is 14.9 Å². The third kappa shape index (κ3) is 3.57. The number of nitrogens with zero attached hydrogens (tertiary/aromatic N) is 2. The standard InChI is InChI=1S/C24H19N3O3S2/c1-2-30-23(29)19-20(15-8-4-3-5-9-15)26-24-27(21(19)17-11-7-13-31-17)22(28)18(32-24)14-16-10-6-12-25-16/h3-14,21,25H,2H2,1H3/b18-14-/t21-/m1/s1. The van der Waals surface area contributed by atoms with Gasteiger partial charge in [0.25, 0.3) is 5.56 Å². The van der Waals surface area contributed by atoms with Crippen LogP contribution in [0.1, 0.15) is 29.1 Å². The molecule has 5 rings (SSSR count). The van der Waals surface area contributed by atoms with Crippen LogP contribution in [-0.4, -0.2) is 22.1 Å². The highest BCUT2D eigenvalue weighted by molar-refractivity contribution is 7.10. The summed E-state index contributed by atoms with van der Waals surface area (Å²) in [6, 6.07) is 16.6. The molecular formula is C24H19N3O3S2. The van der Waals surface area contributed by atoms with Crippen LogP contribution in [0.15, 0.2) is 81.5 Å². The molecule has 32 heavy (non-hydrogen) atoms. The molecule has 1 aliphatic rings. The van der Waals surface area contributed by atoms with Gasteiger partial charge in [0.1, 0.15) is 6.04 Å². The number of thiophene rings is 1.